The minimum absolute atomic E-state index is 0.373. The van der Waals surface area contributed by atoms with Crippen molar-refractivity contribution in [2.45, 2.75) is 19.8 Å². The molecule has 2 aromatic rings. The van der Waals surface area contributed by atoms with Gasteiger partial charge in [0.1, 0.15) is 11.8 Å². The Morgan fingerprint density at radius 3 is 2.37 bits per heavy atom. The molecule has 0 saturated heterocycles. The van der Waals surface area contributed by atoms with Gasteiger partial charge >= 0.3 is 0 Å². The van der Waals surface area contributed by atoms with Crippen LogP contribution in [0.3, 0.4) is 0 Å². The normalized spacial score (nSPS) is 10.2. The molecule has 0 fully saturated rings. The Labute approximate surface area is 113 Å². The number of rotatable bonds is 3. The molecule has 96 valence electrons. The van der Waals surface area contributed by atoms with E-state index in [1.807, 2.05) is 30.3 Å². The highest BCUT2D eigenvalue weighted by Gasteiger charge is 2.07. The van der Waals surface area contributed by atoms with Gasteiger partial charge in [-0.2, -0.15) is 5.26 Å². The first-order valence-corrected chi connectivity index (χ1v) is 6.18. The predicted octanol–water partition coefficient (Wildman–Crippen LogP) is 4.06. The smallest absolute Gasteiger partial charge is 0.151 e. The second kappa shape index (κ2) is 5.45. The first-order valence-electron chi connectivity index (χ1n) is 6.18. The molecule has 0 aliphatic rings. The highest BCUT2D eigenvalue weighted by Crippen LogP contribution is 2.30. The minimum atomic E-state index is 0.373. The van der Waals surface area contributed by atoms with E-state index in [1.54, 1.807) is 18.2 Å². The van der Waals surface area contributed by atoms with E-state index >= 15 is 0 Å². The molecule has 0 unspecified atom stereocenters. The van der Waals surface area contributed by atoms with E-state index in [0.29, 0.717) is 28.7 Å². The van der Waals surface area contributed by atoms with Crippen LogP contribution >= 0.6 is 0 Å². The quantitative estimate of drug-likeness (QED) is 0.838. The Morgan fingerprint density at radius 2 is 1.79 bits per heavy atom. The largest absolute Gasteiger partial charge is 0.455 e. The lowest BCUT2D eigenvalue weighted by Crippen LogP contribution is -1.95. The molecule has 0 bridgehead atoms. The standard InChI is InChI=1S/C16H16N2O/c1-11(2)12-6-8-14(9-7-12)19-15-5-3-4-13(10-17)16(15)18/h3-9,11H,18H2,1-2H3. The zero-order chi connectivity index (χ0) is 13.8. The first kappa shape index (κ1) is 13.0. The van der Waals surface area contributed by atoms with Crippen molar-refractivity contribution < 1.29 is 4.74 Å². The summed E-state index contributed by atoms with van der Waals surface area (Å²) >= 11 is 0. The summed E-state index contributed by atoms with van der Waals surface area (Å²) in [6.45, 7) is 4.29. The molecule has 2 N–H and O–H groups in total. The zero-order valence-corrected chi connectivity index (χ0v) is 11.1. The molecule has 19 heavy (non-hydrogen) atoms. The SMILES string of the molecule is CC(C)c1ccc(Oc2cccc(C#N)c2N)cc1. The molecule has 3 nitrogen and oxygen atoms in total. The molecule has 0 spiro atoms. The summed E-state index contributed by atoms with van der Waals surface area (Å²) in [5, 5.41) is 8.92. The Bertz CT molecular complexity index is 610. The maximum Gasteiger partial charge on any atom is 0.151 e. The summed E-state index contributed by atoms with van der Waals surface area (Å²) in [6.07, 6.45) is 0. The first-order chi connectivity index (χ1) is 9.11. The fourth-order valence-corrected chi connectivity index (χ4v) is 1.78. The second-order valence-corrected chi connectivity index (χ2v) is 4.65. The third kappa shape index (κ3) is 2.86. The molecule has 0 aliphatic carbocycles. The Kier molecular flexibility index (Phi) is 3.72. The molecule has 2 rings (SSSR count). The van der Waals surface area contributed by atoms with E-state index in [0.717, 1.165) is 0 Å². The summed E-state index contributed by atoms with van der Waals surface area (Å²) in [6, 6.07) is 15.1. The van der Waals surface area contributed by atoms with E-state index < -0.39 is 0 Å². The van der Waals surface area contributed by atoms with Crippen molar-refractivity contribution in [2.24, 2.45) is 0 Å². The molecule has 3 heteroatoms. The van der Waals surface area contributed by atoms with Crippen LogP contribution in [0.15, 0.2) is 42.5 Å². The van der Waals surface area contributed by atoms with E-state index in [9.17, 15) is 0 Å². The Balaban J connectivity index is 2.24. The highest BCUT2D eigenvalue weighted by molar-refractivity contribution is 5.63. The second-order valence-electron chi connectivity index (χ2n) is 4.65. The van der Waals surface area contributed by atoms with Gasteiger partial charge < -0.3 is 10.5 Å². The summed E-state index contributed by atoms with van der Waals surface area (Å²) in [7, 11) is 0. The van der Waals surface area contributed by atoms with Crippen molar-refractivity contribution in [1.82, 2.24) is 0 Å². The van der Waals surface area contributed by atoms with Gasteiger partial charge in [0.2, 0.25) is 0 Å². The van der Waals surface area contributed by atoms with Crippen LogP contribution in [0.4, 0.5) is 5.69 Å². The molecule has 0 aromatic heterocycles. The van der Waals surface area contributed by atoms with Gasteiger partial charge in [0.05, 0.1) is 11.3 Å². The van der Waals surface area contributed by atoms with Crippen LogP contribution in [0, 0.1) is 11.3 Å². The van der Waals surface area contributed by atoms with Gasteiger partial charge in [0.15, 0.2) is 5.75 Å². The monoisotopic (exact) mass is 252 g/mol. The molecular formula is C16H16N2O. The van der Waals surface area contributed by atoms with Crippen molar-refractivity contribution in [3.8, 4) is 17.6 Å². The Morgan fingerprint density at radius 1 is 1.11 bits per heavy atom. The van der Waals surface area contributed by atoms with Crippen LogP contribution in [0.2, 0.25) is 0 Å². The van der Waals surface area contributed by atoms with Gasteiger partial charge in [-0.1, -0.05) is 32.0 Å². The molecule has 0 saturated carbocycles. The molecule has 2 aromatic carbocycles. The van der Waals surface area contributed by atoms with E-state index in [-0.39, 0.29) is 0 Å². The number of hydrogen-bond acceptors (Lipinski definition) is 3. The van der Waals surface area contributed by atoms with Crippen LogP contribution in [0.5, 0.6) is 11.5 Å². The van der Waals surface area contributed by atoms with E-state index in [4.69, 9.17) is 15.7 Å². The Hall–Kier alpha value is -2.47. The third-order valence-corrected chi connectivity index (χ3v) is 2.96. The van der Waals surface area contributed by atoms with Gasteiger partial charge in [-0.25, -0.2) is 0 Å². The van der Waals surface area contributed by atoms with Gasteiger partial charge in [0, 0.05) is 0 Å². The van der Waals surface area contributed by atoms with Crippen molar-refractivity contribution in [2.75, 3.05) is 5.73 Å². The number of benzene rings is 2. The maximum absolute atomic E-state index is 8.92. The lowest BCUT2D eigenvalue weighted by molar-refractivity contribution is 0.484. The van der Waals surface area contributed by atoms with Gasteiger partial charge in [-0.05, 0) is 35.7 Å². The molecule has 0 heterocycles. The van der Waals surface area contributed by atoms with Crippen LogP contribution in [-0.4, -0.2) is 0 Å². The summed E-state index contributed by atoms with van der Waals surface area (Å²) in [4.78, 5) is 0. The van der Waals surface area contributed by atoms with Crippen molar-refractivity contribution in [1.29, 1.82) is 5.26 Å². The topological polar surface area (TPSA) is 59.0 Å². The number of nitrogens with two attached hydrogens (primary N) is 1. The molecule has 0 amide bonds. The van der Waals surface area contributed by atoms with Crippen molar-refractivity contribution in [3.05, 3.63) is 53.6 Å². The van der Waals surface area contributed by atoms with Crippen LogP contribution in [-0.2, 0) is 0 Å². The number of nitrogens with zero attached hydrogens (tertiary/aromatic N) is 1. The number of ether oxygens (including phenoxy) is 1. The summed E-state index contributed by atoms with van der Waals surface area (Å²) < 4.78 is 5.71. The average molecular weight is 252 g/mol. The van der Waals surface area contributed by atoms with Crippen molar-refractivity contribution in [3.63, 3.8) is 0 Å². The van der Waals surface area contributed by atoms with Crippen molar-refractivity contribution >= 4 is 5.69 Å². The molecule has 0 aliphatic heterocycles. The average Bonchev–Trinajstić information content (AvgIpc) is 2.42. The lowest BCUT2D eigenvalue weighted by atomic mass is 10.0. The number of nitriles is 1. The highest BCUT2D eigenvalue weighted by atomic mass is 16.5. The number of anilines is 1. The summed E-state index contributed by atoms with van der Waals surface area (Å²) in [5.74, 6) is 1.71. The van der Waals surface area contributed by atoms with Crippen LogP contribution in [0.1, 0.15) is 30.9 Å². The van der Waals surface area contributed by atoms with Gasteiger partial charge in [-0.15, -0.1) is 0 Å². The lowest BCUT2D eigenvalue weighted by Gasteiger charge is -2.10. The predicted molar refractivity (Wildman–Crippen MR) is 76.2 cm³/mol. The van der Waals surface area contributed by atoms with E-state index in [2.05, 4.69) is 13.8 Å². The van der Waals surface area contributed by atoms with Gasteiger partial charge in [-0.3, -0.25) is 0 Å². The number of hydrogen-bond donors (Lipinski definition) is 1. The number of para-hydroxylation sites is 1. The molecule has 0 atom stereocenters. The summed E-state index contributed by atoms with van der Waals surface area (Å²) in [5.41, 5.74) is 7.93. The van der Waals surface area contributed by atoms with E-state index in [1.165, 1.54) is 5.56 Å². The third-order valence-electron chi connectivity index (χ3n) is 2.96. The maximum atomic E-state index is 8.92. The molecular weight excluding hydrogens is 236 g/mol. The van der Waals surface area contributed by atoms with Crippen LogP contribution in [0.25, 0.3) is 0 Å². The fraction of sp³-hybridized carbons (Fsp3) is 0.188. The minimum Gasteiger partial charge on any atom is -0.455 e. The zero-order valence-electron chi connectivity index (χ0n) is 11.1. The number of nitrogen functional groups attached to an aromatic ring is 1. The molecule has 0 radical (unpaired) electrons. The van der Waals surface area contributed by atoms with Gasteiger partial charge in [0.25, 0.3) is 0 Å². The fourth-order valence-electron chi connectivity index (χ4n) is 1.78. The van der Waals surface area contributed by atoms with Crippen LogP contribution < -0.4 is 10.5 Å².